The summed E-state index contributed by atoms with van der Waals surface area (Å²) in [6.45, 7) is 0. The molecule has 1 unspecified atom stereocenters. The third-order valence-electron chi connectivity index (χ3n) is 2.57. The Labute approximate surface area is 136 Å². The van der Waals surface area contributed by atoms with Crippen LogP contribution in [0.4, 0.5) is 8.78 Å². The molecule has 6 heteroatoms. The van der Waals surface area contributed by atoms with Crippen molar-refractivity contribution in [2.24, 2.45) is 0 Å². The molecular weight excluding hydrogens is 425 g/mol. The molecule has 0 heterocycles. The molecule has 0 N–H and O–H groups in total. The van der Waals surface area contributed by atoms with E-state index < -0.39 is 16.5 Å². The van der Waals surface area contributed by atoms with Gasteiger partial charge in [-0.3, -0.25) is 0 Å². The zero-order valence-corrected chi connectivity index (χ0v) is 13.9. The highest BCUT2D eigenvalue weighted by atomic mass is 79.9. The second-order valence-corrected chi connectivity index (χ2v) is 6.35. The van der Waals surface area contributed by atoms with Gasteiger partial charge < -0.3 is 0 Å². The summed E-state index contributed by atoms with van der Waals surface area (Å²) in [7, 11) is 0. The van der Waals surface area contributed by atoms with E-state index in [1.165, 1.54) is 0 Å². The van der Waals surface area contributed by atoms with E-state index in [2.05, 4.69) is 31.9 Å². The molecule has 0 saturated carbocycles. The van der Waals surface area contributed by atoms with Crippen LogP contribution >= 0.6 is 55.1 Å². The van der Waals surface area contributed by atoms with Crippen LogP contribution < -0.4 is 0 Å². The molecule has 0 amide bonds. The predicted octanol–water partition coefficient (Wildman–Crippen LogP) is 6.52. The summed E-state index contributed by atoms with van der Waals surface area (Å²) in [5, 5.41) is 0.676. The Morgan fingerprint density at radius 2 is 1.68 bits per heavy atom. The first kappa shape index (κ1) is 15.2. The van der Waals surface area contributed by atoms with Crippen LogP contribution in [0.3, 0.4) is 0 Å². The van der Waals surface area contributed by atoms with Gasteiger partial charge in [0.15, 0.2) is 0 Å². The molecule has 0 saturated heterocycles. The van der Waals surface area contributed by atoms with Gasteiger partial charge in [-0.15, -0.1) is 0 Å². The molecule has 0 nitrogen and oxygen atoms in total. The van der Waals surface area contributed by atoms with Gasteiger partial charge in [0.1, 0.15) is 11.6 Å². The Morgan fingerprint density at radius 3 is 2.37 bits per heavy atom. The quantitative estimate of drug-likeness (QED) is 0.376. The summed E-state index contributed by atoms with van der Waals surface area (Å²) < 4.78 is 27.5. The molecule has 100 valence electrons. The van der Waals surface area contributed by atoms with E-state index in [9.17, 15) is 8.78 Å². The van der Waals surface area contributed by atoms with Crippen LogP contribution in [0.1, 0.15) is 16.0 Å². The Hall–Kier alpha value is -0.160. The maximum atomic E-state index is 13.9. The normalized spacial score (nSPS) is 12.5. The van der Waals surface area contributed by atoms with Crippen molar-refractivity contribution < 1.29 is 8.78 Å². The van der Waals surface area contributed by atoms with E-state index >= 15 is 0 Å². The van der Waals surface area contributed by atoms with Gasteiger partial charge in [-0.1, -0.05) is 51.3 Å². The van der Waals surface area contributed by atoms with Crippen molar-refractivity contribution in [3.8, 4) is 0 Å². The number of rotatable bonds is 2. The monoisotopic (exact) mass is 428 g/mol. The minimum Gasteiger partial charge on any atom is -0.207 e. The van der Waals surface area contributed by atoms with E-state index in [1.54, 1.807) is 18.2 Å². The third kappa shape index (κ3) is 3.13. The van der Waals surface area contributed by atoms with Crippen molar-refractivity contribution in [2.75, 3.05) is 0 Å². The summed E-state index contributed by atoms with van der Waals surface area (Å²) >= 11 is 18.2. The summed E-state index contributed by atoms with van der Waals surface area (Å²) in [5.74, 6) is -1.08. The molecule has 0 aliphatic carbocycles. The molecule has 2 aromatic rings. The highest BCUT2D eigenvalue weighted by Crippen LogP contribution is 2.40. The van der Waals surface area contributed by atoms with Gasteiger partial charge in [0.05, 0.1) is 19.3 Å². The molecule has 0 radical (unpaired) electrons. The zero-order chi connectivity index (χ0) is 14.2. The van der Waals surface area contributed by atoms with Gasteiger partial charge in [-0.25, -0.2) is 8.78 Å². The Kier molecular flexibility index (Phi) is 4.88. The van der Waals surface area contributed by atoms with Crippen LogP contribution in [-0.4, -0.2) is 0 Å². The van der Waals surface area contributed by atoms with E-state index in [1.807, 2.05) is 0 Å². The Balaban J connectivity index is 2.53. The van der Waals surface area contributed by atoms with Gasteiger partial charge >= 0.3 is 0 Å². The third-order valence-corrected chi connectivity index (χ3v) is 4.99. The van der Waals surface area contributed by atoms with Crippen molar-refractivity contribution in [1.82, 2.24) is 0 Å². The van der Waals surface area contributed by atoms with Crippen molar-refractivity contribution in [3.05, 3.63) is 67.6 Å². The van der Waals surface area contributed by atoms with Crippen molar-refractivity contribution in [2.45, 2.75) is 4.83 Å². The smallest absolute Gasteiger partial charge is 0.137 e. The lowest BCUT2D eigenvalue weighted by Gasteiger charge is -2.14. The molecular formula is C13H6Br2Cl2F2. The molecule has 0 spiro atoms. The number of benzene rings is 2. The van der Waals surface area contributed by atoms with Gasteiger partial charge in [0.2, 0.25) is 0 Å². The fraction of sp³-hybridized carbons (Fsp3) is 0.0769. The summed E-state index contributed by atoms with van der Waals surface area (Å²) in [4.78, 5) is -0.582. The molecule has 0 aromatic heterocycles. The van der Waals surface area contributed by atoms with Crippen molar-refractivity contribution in [1.29, 1.82) is 0 Å². The molecule has 0 fully saturated rings. The largest absolute Gasteiger partial charge is 0.207 e. The lowest BCUT2D eigenvalue weighted by Crippen LogP contribution is -1.99. The molecule has 1 atom stereocenters. The van der Waals surface area contributed by atoms with Gasteiger partial charge in [0.25, 0.3) is 0 Å². The second kappa shape index (κ2) is 6.08. The Bertz CT molecular complexity index is 632. The van der Waals surface area contributed by atoms with Gasteiger partial charge in [-0.05, 0) is 39.7 Å². The summed E-state index contributed by atoms with van der Waals surface area (Å²) in [5.41, 5.74) is 0.736. The highest BCUT2D eigenvalue weighted by molar-refractivity contribution is 9.10. The minimum absolute atomic E-state index is 0.0747. The van der Waals surface area contributed by atoms with E-state index in [4.69, 9.17) is 23.2 Å². The second-order valence-electron chi connectivity index (χ2n) is 3.79. The van der Waals surface area contributed by atoms with Gasteiger partial charge in [-0.2, -0.15) is 0 Å². The van der Waals surface area contributed by atoms with Crippen LogP contribution in [0.15, 0.2) is 34.8 Å². The number of halogens is 6. The lowest BCUT2D eigenvalue weighted by molar-refractivity contribution is 0.583. The maximum absolute atomic E-state index is 13.9. The maximum Gasteiger partial charge on any atom is 0.137 e. The average molecular weight is 431 g/mol. The molecule has 2 rings (SSSR count). The number of hydrogen-bond acceptors (Lipinski definition) is 0. The first-order valence-corrected chi connectivity index (χ1v) is 7.60. The first-order valence-electron chi connectivity index (χ1n) is 5.14. The fourth-order valence-electron chi connectivity index (χ4n) is 1.62. The van der Waals surface area contributed by atoms with Gasteiger partial charge in [0, 0.05) is 5.56 Å². The summed E-state index contributed by atoms with van der Waals surface area (Å²) in [6, 6.07) is 7.23. The first-order chi connectivity index (χ1) is 8.91. The molecule has 0 aliphatic rings. The molecule has 19 heavy (non-hydrogen) atoms. The van der Waals surface area contributed by atoms with Crippen LogP contribution in [0, 0.1) is 11.6 Å². The average Bonchev–Trinajstić information content (AvgIpc) is 2.36. The molecule has 0 aliphatic heterocycles. The topological polar surface area (TPSA) is 0 Å². The van der Waals surface area contributed by atoms with Crippen LogP contribution in [0.2, 0.25) is 10.0 Å². The predicted molar refractivity (Wildman–Crippen MR) is 81.3 cm³/mol. The lowest BCUT2D eigenvalue weighted by atomic mass is 10.0. The number of hydrogen-bond donors (Lipinski definition) is 0. The standard InChI is InChI=1S/C13H6Br2Cl2F2/c14-8-5-10(18)7(4-11(8)19)12(15)6-2-1-3-9(16)13(6)17/h1-5,12H. The molecule has 2 aromatic carbocycles. The molecule has 0 bridgehead atoms. The Morgan fingerprint density at radius 1 is 1.00 bits per heavy atom. The SMILES string of the molecule is Fc1cc(C(Br)c2cccc(Cl)c2Cl)c(F)cc1Br. The van der Waals surface area contributed by atoms with Crippen molar-refractivity contribution in [3.63, 3.8) is 0 Å². The van der Waals surface area contributed by atoms with Crippen LogP contribution in [0.5, 0.6) is 0 Å². The van der Waals surface area contributed by atoms with E-state index in [0.29, 0.717) is 15.6 Å². The number of alkyl halides is 1. The van der Waals surface area contributed by atoms with E-state index in [-0.39, 0.29) is 10.0 Å². The highest BCUT2D eigenvalue weighted by Gasteiger charge is 2.20. The van der Waals surface area contributed by atoms with Crippen LogP contribution in [-0.2, 0) is 0 Å². The van der Waals surface area contributed by atoms with E-state index in [0.717, 1.165) is 12.1 Å². The summed E-state index contributed by atoms with van der Waals surface area (Å²) in [6.07, 6.45) is 0. The minimum atomic E-state index is -0.582. The van der Waals surface area contributed by atoms with Crippen LogP contribution in [0.25, 0.3) is 0 Å². The zero-order valence-electron chi connectivity index (χ0n) is 9.23. The fourth-order valence-corrected chi connectivity index (χ4v) is 3.21. The van der Waals surface area contributed by atoms with Crippen molar-refractivity contribution >= 4 is 55.1 Å².